The monoisotopic (exact) mass is 508 g/mol. The molecule has 0 radical (unpaired) electrons. The van der Waals surface area contributed by atoms with E-state index in [1.807, 2.05) is 43.3 Å². The topological polar surface area (TPSA) is 124 Å². The minimum atomic E-state index is 0.154. The fraction of sp³-hybridized carbons (Fsp3) is 0.429. The first-order valence-corrected chi connectivity index (χ1v) is 12.7. The van der Waals surface area contributed by atoms with Crippen LogP contribution in [0.5, 0.6) is 17.2 Å². The second-order valence-corrected chi connectivity index (χ2v) is 8.98. The van der Waals surface area contributed by atoms with E-state index < -0.39 is 0 Å². The molecule has 0 amide bonds. The lowest BCUT2D eigenvalue weighted by atomic mass is 9.96. The summed E-state index contributed by atoms with van der Waals surface area (Å²) in [6.45, 7) is 4.92. The van der Waals surface area contributed by atoms with E-state index in [2.05, 4.69) is 9.97 Å². The lowest BCUT2D eigenvalue weighted by Gasteiger charge is -2.23. The van der Waals surface area contributed by atoms with Crippen LogP contribution in [0.2, 0.25) is 0 Å². The van der Waals surface area contributed by atoms with Crippen LogP contribution in [-0.4, -0.2) is 50.3 Å². The maximum absolute atomic E-state index is 6.45. The molecule has 1 fully saturated rings. The number of nitrogens with two attached hydrogens (primary N) is 2. The maximum Gasteiger partial charge on any atom is 0.221 e. The minimum absolute atomic E-state index is 0.154. The molecule has 1 aliphatic heterocycles. The van der Waals surface area contributed by atoms with Crippen LogP contribution in [0.25, 0.3) is 11.1 Å². The summed E-state index contributed by atoms with van der Waals surface area (Å²) < 4.78 is 28.6. The van der Waals surface area contributed by atoms with Gasteiger partial charge in [0.15, 0.2) is 6.79 Å². The van der Waals surface area contributed by atoms with Gasteiger partial charge in [-0.05, 0) is 67.5 Å². The van der Waals surface area contributed by atoms with Gasteiger partial charge >= 0.3 is 0 Å². The van der Waals surface area contributed by atoms with E-state index in [-0.39, 0.29) is 12.7 Å². The van der Waals surface area contributed by atoms with Gasteiger partial charge in [0.05, 0.1) is 18.8 Å². The predicted molar refractivity (Wildman–Crippen MR) is 143 cm³/mol. The number of aromatic nitrogens is 2. The van der Waals surface area contributed by atoms with Gasteiger partial charge < -0.3 is 35.2 Å². The zero-order valence-electron chi connectivity index (χ0n) is 21.6. The molecule has 0 unspecified atom stereocenters. The predicted octanol–water partition coefficient (Wildman–Crippen LogP) is 4.48. The molecule has 9 nitrogen and oxygen atoms in total. The molecular weight excluding hydrogens is 472 g/mol. The molecule has 2 aromatic carbocycles. The molecule has 2 heterocycles. The van der Waals surface area contributed by atoms with Crippen LogP contribution >= 0.6 is 0 Å². The van der Waals surface area contributed by atoms with Gasteiger partial charge in [0, 0.05) is 38.5 Å². The second kappa shape index (κ2) is 13.1. The fourth-order valence-corrected chi connectivity index (χ4v) is 4.42. The van der Waals surface area contributed by atoms with E-state index >= 15 is 0 Å². The van der Waals surface area contributed by atoms with Crippen molar-refractivity contribution in [3.8, 4) is 28.4 Å². The summed E-state index contributed by atoms with van der Waals surface area (Å²) in [4.78, 5) is 8.20. The van der Waals surface area contributed by atoms with Gasteiger partial charge in [-0.3, -0.25) is 0 Å². The number of ether oxygens (including phenoxy) is 5. The van der Waals surface area contributed by atoms with Crippen molar-refractivity contribution < 1.29 is 23.7 Å². The molecule has 0 saturated carbocycles. The highest BCUT2D eigenvalue weighted by Gasteiger charge is 2.19. The van der Waals surface area contributed by atoms with Gasteiger partial charge in [0.1, 0.15) is 23.1 Å². The Labute approximate surface area is 218 Å². The Bertz CT molecular complexity index is 1150. The first-order chi connectivity index (χ1) is 18.1. The van der Waals surface area contributed by atoms with Crippen molar-refractivity contribution >= 4 is 11.8 Å². The molecule has 1 aliphatic rings. The van der Waals surface area contributed by atoms with Crippen LogP contribution in [0, 0.1) is 5.92 Å². The SMILES string of the molecule is CCOc1cc(Cc2cnc(N)nc2N)cc(OCCC2CCOCC2)c1-c1ccc(OCOC)cc1. The average molecular weight is 509 g/mol. The van der Waals surface area contributed by atoms with Gasteiger partial charge in [0.25, 0.3) is 0 Å². The summed E-state index contributed by atoms with van der Waals surface area (Å²) >= 11 is 0. The van der Waals surface area contributed by atoms with Crippen LogP contribution < -0.4 is 25.7 Å². The molecule has 4 N–H and O–H groups in total. The first kappa shape index (κ1) is 26.5. The number of nitrogens with zero attached hydrogens (tertiary/aromatic N) is 2. The van der Waals surface area contributed by atoms with Crippen LogP contribution in [0.4, 0.5) is 11.8 Å². The molecule has 0 aliphatic carbocycles. The van der Waals surface area contributed by atoms with E-state index in [0.29, 0.717) is 31.4 Å². The number of nitrogen functional groups attached to an aromatic ring is 2. The number of hydrogen-bond acceptors (Lipinski definition) is 9. The van der Waals surface area contributed by atoms with Crippen molar-refractivity contribution in [3.63, 3.8) is 0 Å². The summed E-state index contributed by atoms with van der Waals surface area (Å²) in [5.74, 6) is 3.34. The van der Waals surface area contributed by atoms with E-state index in [4.69, 9.17) is 35.2 Å². The number of benzene rings is 2. The molecule has 3 aromatic rings. The quantitative estimate of drug-likeness (QED) is 0.341. The van der Waals surface area contributed by atoms with E-state index in [1.165, 1.54) is 0 Å². The van der Waals surface area contributed by atoms with E-state index in [0.717, 1.165) is 72.0 Å². The van der Waals surface area contributed by atoms with Crippen molar-refractivity contribution in [3.05, 3.63) is 53.7 Å². The zero-order valence-corrected chi connectivity index (χ0v) is 21.6. The Balaban J connectivity index is 1.66. The Morgan fingerprint density at radius 2 is 1.73 bits per heavy atom. The molecule has 9 heteroatoms. The minimum Gasteiger partial charge on any atom is -0.493 e. The third-order valence-corrected chi connectivity index (χ3v) is 6.35. The Morgan fingerprint density at radius 3 is 2.41 bits per heavy atom. The number of rotatable bonds is 12. The number of methoxy groups -OCH3 is 1. The number of hydrogen-bond donors (Lipinski definition) is 2. The highest BCUT2D eigenvalue weighted by molar-refractivity contribution is 5.78. The van der Waals surface area contributed by atoms with Crippen LogP contribution in [-0.2, 0) is 15.9 Å². The second-order valence-electron chi connectivity index (χ2n) is 8.98. The van der Waals surface area contributed by atoms with Crippen LogP contribution in [0.15, 0.2) is 42.6 Å². The molecule has 0 spiro atoms. The van der Waals surface area contributed by atoms with Crippen LogP contribution in [0.3, 0.4) is 0 Å². The van der Waals surface area contributed by atoms with Crippen LogP contribution in [0.1, 0.15) is 37.3 Å². The normalized spacial score (nSPS) is 13.9. The molecule has 198 valence electrons. The third kappa shape index (κ3) is 7.24. The zero-order chi connectivity index (χ0) is 26.0. The van der Waals surface area contributed by atoms with Crippen molar-refractivity contribution in [2.45, 2.75) is 32.6 Å². The van der Waals surface area contributed by atoms with Gasteiger partial charge in [-0.2, -0.15) is 4.98 Å². The standard InChI is InChI=1S/C28H36N4O5/c1-3-35-24-15-20(14-22-17-31-28(30)32-27(22)29)16-25(36-13-10-19-8-11-34-12-9-19)26(24)21-4-6-23(7-5-21)37-18-33-2/h4-7,15-17,19H,3,8-14,18H2,1-2H3,(H4,29,30,31,32). The van der Waals surface area contributed by atoms with Gasteiger partial charge in [-0.1, -0.05) is 12.1 Å². The molecule has 1 aromatic heterocycles. The highest BCUT2D eigenvalue weighted by Crippen LogP contribution is 2.41. The van der Waals surface area contributed by atoms with Gasteiger partial charge in [-0.25, -0.2) is 4.98 Å². The highest BCUT2D eigenvalue weighted by atomic mass is 16.7. The smallest absolute Gasteiger partial charge is 0.221 e. The van der Waals surface area contributed by atoms with Crippen molar-refractivity contribution in [1.82, 2.24) is 9.97 Å². The molecule has 0 atom stereocenters. The first-order valence-electron chi connectivity index (χ1n) is 12.7. The maximum atomic E-state index is 6.45. The molecule has 1 saturated heterocycles. The lowest BCUT2D eigenvalue weighted by molar-refractivity contribution is 0.0511. The van der Waals surface area contributed by atoms with Crippen molar-refractivity contribution in [2.75, 3.05) is 51.8 Å². The van der Waals surface area contributed by atoms with Gasteiger partial charge in [0.2, 0.25) is 5.95 Å². The lowest BCUT2D eigenvalue weighted by Crippen LogP contribution is -2.18. The summed E-state index contributed by atoms with van der Waals surface area (Å²) in [6, 6.07) is 11.9. The van der Waals surface area contributed by atoms with E-state index in [1.54, 1.807) is 13.3 Å². The Morgan fingerprint density at radius 1 is 1.00 bits per heavy atom. The average Bonchev–Trinajstić information content (AvgIpc) is 2.90. The third-order valence-electron chi connectivity index (χ3n) is 6.35. The Hall–Kier alpha value is -3.56. The summed E-state index contributed by atoms with van der Waals surface area (Å²) in [5, 5.41) is 0. The molecule has 0 bridgehead atoms. The molecular formula is C28H36N4O5. The summed E-state index contributed by atoms with van der Waals surface area (Å²) in [6.07, 6.45) is 5.29. The largest absolute Gasteiger partial charge is 0.493 e. The van der Waals surface area contributed by atoms with Crippen molar-refractivity contribution in [2.24, 2.45) is 5.92 Å². The Kier molecular flexibility index (Phi) is 9.40. The molecule has 4 rings (SSSR count). The van der Waals surface area contributed by atoms with Crippen molar-refractivity contribution in [1.29, 1.82) is 0 Å². The summed E-state index contributed by atoms with van der Waals surface area (Å²) in [7, 11) is 1.60. The van der Waals surface area contributed by atoms with E-state index in [9.17, 15) is 0 Å². The summed E-state index contributed by atoms with van der Waals surface area (Å²) in [5.41, 5.74) is 15.4. The molecule has 37 heavy (non-hydrogen) atoms. The van der Waals surface area contributed by atoms with Gasteiger partial charge in [-0.15, -0.1) is 0 Å². The number of anilines is 2. The fourth-order valence-electron chi connectivity index (χ4n) is 4.42.